The van der Waals surface area contributed by atoms with Gasteiger partial charge in [-0.25, -0.2) is 4.79 Å². The fourth-order valence-electron chi connectivity index (χ4n) is 2.01. The smallest absolute Gasteiger partial charge is 0.407 e. The molecular weight excluding hydrogens is 314 g/mol. The molecule has 5 nitrogen and oxygen atoms in total. The minimum Gasteiger partial charge on any atom is -0.444 e. The van der Waals surface area contributed by atoms with Gasteiger partial charge in [-0.05, 0) is 59.0 Å². The summed E-state index contributed by atoms with van der Waals surface area (Å²) in [5, 5.41) is 2.93. The number of likely N-dealkylation sites (N-methyl/N-ethyl adjacent to an activating group) is 1. The molecule has 3 N–H and O–H groups in total. The van der Waals surface area contributed by atoms with Crippen molar-refractivity contribution in [1.29, 1.82) is 0 Å². The van der Waals surface area contributed by atoms with Crippen molar-refractivity contribution in [3.8, 4) is 0 Å². The van der Waals surface area contributed by atoms with E-state index in [4.69, 9.17) is 10.5 Å². The number of hydrogen-bond acceptors (Lipinski definition) is 4. The lowest BCUT2D eigenvalue weighted by Crippen LogP contribution is -2.45. The number of benzene rings is 1. The molecule has 0 aliphatic rings. The SMILES string of the molecule is CC.CC.CN(C)CC(Cc1ccc(N)cc1)NC(=O)OC(C)(C)C. The molecule has 0 aromatic heterocycles. The summed E-state index contributed by atoms with van der Waals surface area (Å²) in [4.78, 5) is 14.0. The lowest BCUT2D eigenvalue weighted by molar-refractivity contribution is 0.0497. The molecule has 25 heavy (non-hydrogen) atoms. The van der Waals surface area contributed by atoms with Crippen LogP contribution in [0.4, 0.5) is 10.5 Å². The number of carbonyl (C=O) groups is 1. The Hall–Kier alpha value is -1.75. The van der Waals surface area contributed by atoms with Gasteiger partial charge in [0.1, 0.15) is 5.60 Å². The van der Waals surface area contributed by atoms with E-state index >= 15 is 0 Å². The second-order valence-electron chi connectivity index (χ2n) is 6.55. The maximum absolute atomic E-state index is 11.9. The standard InChI is InChI=1S/C16H27N3O2.2C2H6/c1-16(2,3)21-15(20)18-14(11-19(4)5)10-12-6-8-13(17)9-7-12;2*1-2/h6-9,14H,10-11,17H2,1-5H3,(H,18,20);2*1-2H3. The van der Waals surface area contributed by atoms with Crippen LogP contribution in [0.2, 0.25) is 0 Å². The zero-order chi connectivity index (χ0) is 20.0. The quantitative estimate of drug-likeness (QED) is 0.774. The maximum atomic E-state index is 11.9. The summed E-state index contributed by atoms with van der Waals surface area (Å²) in [6.45, 7) is 14.3. The predicted molar refractivity (Wildman–Crippen MR) is 109 cm³/mol. The molecule has 1 unspecified atom stereocenters. The fourth-order valence-corrected chi connectivity index (χ4v) is 2.01. The average Bonchev–Trinajstić information content (AvgIpc) is 2.51. The molecule has 0 aliphatic heterocycles. The molecule has 0 bridgehead atoms. The summed E-state index contributed by atoms with van der Waals surface area (Å²) in [6, 6.07) is 7.69. The zero-order valence-electron chi connectivity index (χ0n) is 17.6. The lowest BCUT2D eigenvalue weighted by atomic mass is 10.1. The van der Waals surface area contributed by atoms with Crippen molar-refractivity contribution < 1.29 is 9.53 Å². The second kappa shape index (κ2) is 13.5. The van der Waals surface area contributed by atoms with Gasteiger partial charge in [-0.1, -0.05) is 39.8 Å². The molecule has 0 saturated carbocycles. The van der Waals surface area contributed by atoms with Gasteiger partial charge in [-0.2, -0.15) is 0 Å². The molecule has 0 heterocycles. The number of anilines is 1. The van der Waals surface area contributed by atoms with Gasteiger partial charge in [0.05, 0.1) is 0 Å². The number of hydrogen-bond donors (Lipinski definition) is 2. The molecule has 1 aromatic rings. The second-order valence-corrected chi connectivity index (χ2v) is 6.55. The van der Waals surface area contributed by atoms with E-state index in [9.17, 15) is 4.79 Å². The van der Waals surface area contributed by atoms with Gasteiger partial charge in [0, 0.05) is 18.3 Å². The first-order valence-corrected chi connectivity index (χ1v) is 9.14. The van der Waals surface area contributed by atoms with Gasteiger partial charge in [0.25, 0.3) is 0 Å². The Bertz CT molecular complexity index is 451. The van der Waals surface area contributed by atoms with E-state index in [1.165, 1.54) is 0 Å². The third-order valence-corrected chi connectivity index (χ3v) is 2.77. The zero-order valence-corrected chi connectivity index (χ0v) is 17.6. The molecule has 0 radical (unpaired) electrons. The van der Waals surface area contributed by atoms with Crippen molar-refractivity contribution in [2.45, 2.75) is 66.5 Å². The third-order valence-electron chi connectivity index (χ3n) is 2.77. The highest BCUT2D eigenvalue weighted by atomic mass is 16.6. The summed E-state index contributed by atoms with van der Waals surface area (Å²) in [5.41, 5.74) is 7.07. The van der Waals surface area contributed by atoms with Crippen molar-refractivity contribution in [1.82, 2.24) is 10.2 Å². The minimum absolute atomic E-state index is 0.0153. The Labute approximate surface area is 154 Å². The summed E-state index contributed by atoms with van der Waals surface area (Å²) in [6.07, 6.45) is 0.349. The Morgan fingerprint density at radius 3 is 2.00 bits per heavy atom. The number of rotatable bonds is 5. The van der Waals surface area contributed by atoms with Crippen LogP contribution in [0.5, 0.6) is 0 Å². The molecule has 0 fully saturated rings. The van der Waals surface area contributed by atoms with E-state index in [2.05, 4.69) is 5.32 Å². The molecule has 0 spiro atoms. The molecule has 1 aromatic carbocycles. The number of alkyl carbamates (subject to hydrolysis) is 1. The van der Waals surface area contributed by atoms with Gasteiger partial charge in [-0.15, -0.1) is 0 Å². The van der Waals surface area contributed by atoms with Crippen LogP contribution in [0.15, 0.2) is 24.3 Å². The summed E-state index contributed by atoms with van der Waals surface area (Å²) in [7, 11) is 3.96. The van der Waals surface area contributed by atoms with Gasteiger partial charge in [0.2, 0.25) is 0 Å². The van der Waals surface area contributed by atoms with Crippen molar-refractivity contribution in [3.05, 3.63) is 29.8 Å². The van der Waals surface area contributed by atoms with E-state index < -0.39 is 5.60 Å². The highest BCUT2D eigenvalue weighted by molar-refractivity contribution is 5.68. The van der Waals surface area contributed by atoms with Crippen LogP contribution in [-0.4, -0.2) is 43.3 Å². The largest absolute Gasteiger partial charge is 0.444 e. The van der Waals surface area contributed by atoms with Crippen LogP contribution in [0.25, 0.3) is 0 Å². The molecule has 1 atom stereocenters. The van der Waals surface area contributed by atoms with E-state index in [0.717, 1.165) is 24.2 Å². The number of ether oxygens (including phenoxy) is 1. The third kappa shape index (κ3) is 14.3. The molecular formula is C20H39N3O2. The van der Waals surface area contributed by atoms with Crippen molar-refractivity contribution >= 4 is 11.8 Å². The van der Waals surface area contributed by atoms with E-state index in [1.807, 2.05) is 91.7 Å². The van der Waals surface area contributed by atoms with Gasteiger partial charge < -0.3 is 20.7 Å². The predicted octanol–water partition coefficient (Wildman–Crippen LogP) is 4.32. The van der Waals surface area contributed by atoms with Crippen LogP contribution in [0.3, 0.4) is 0 Å². The Kier molecular flexibility index (Phi) is 13.8. The monoisotopic (exact) mass is 353 g/mol. The normalized spacial score (nSPS) is 11.4. The number of nitrogens with two attached hydrogens (primary N) is 1. The number of carbonyl (C=O) groups excluding carboxylic acids is 1. The van der Waals surface area contributed by atoms with Crippen molar-refractivity contribution in [2.75, 3.05) is 26.4 Å². The van der Waals surface area contributed by atoms with Crippen LogP contribution in [0, 0.1) is 0 Å². The molecule has 0 aliphatic carbocycles. The Balaban J connectivity index is 0. The summed E-state index contributed by atoms with van der Waals surface area (Å²) >= 11 is 0. The fraction of sp³-hybridized carbons (Fsp3) is 0.650. The number of nitrogens with one attached hydrogen (secondary N) is 1. The Morgan fingerprint density at radius 1 is 1.12 bits per heavy atom. The van der Waals surface area contributed by atoms with E-state index in [1.54, 1.807) is 0 Å². The average molecular weight is 354 g/mol. The minimum atomic E-state index is -0.492. The summed E-state index contributed by atoms with van der Waals surface area (Å²) < 4.78 is 5.32. The van der Waals surface area contributed by atoms with E-state index in [-0.39, 0.29) is 12.1 Å². The van der Waals surface area contributed by atoms with Gasteiger partial charge in [0.15, 0.2) is 0 Å². The number of nitrogens with zero attached hydrogens (tertiary/aromatic N) is 1. The number of amides is 1. The number of nitrogen functional groups attached to an aromatic ring is 1. The van der Waals surface area contributed by atoms with Gasteiger partial charge >= 0.3 is 6.09 Å². The highest BCUT2D eigenvalue weighted by Crippen LogP contribution is 2.10. The van der Waals surface area contributed by atoms with Crippen molar-refractivity contribution in [2.24, 2.45) is 0 Å². The lowest BCUT2D eigenvalue weighted by Gasteiger charge is -2.25. The molecule has 1 rings (SSSR count). The molecule has 0 saturated heterocycles. The van der Waals surface area contributed by atoms with E-state index in [0.29, 0.717) is 0 Å². The highest BCUT2D eigenvalue weighted by Gasteiger charge is 2.20. The van der Waals surface area contributed by atoms with Crippen LogP contribution < -0.4 is 11.1 Å². The molecule has 1 amide bonds. The first-order valence-electron chi connectivity index (χ1n) is 9.14. The molecule has 146 valence electrons. The van der Waals surface area contributed by atoms with Crippen LogP contribution in [0.1, 0.15) is 54.0 Å². The van der Waals surface area contributed by atoms with Gasteiger partial charge in [-0.3, -0.25) is 0 Å². The van der Waals surface area contributed by atoms with Crippen molar-refractivity contribution in [3.63, 3.8) is 0 Å². The molecule has 5 heteroatoms. The van der Waals surface area contributed by atoms with Crippen LogP contribution in [-0.2, 0) is 11.2 Å². The van der Waals surface area contributed by atoms with Crippen LogP contribution >= 0.6 is 0 Å². The topological polar surface area (TPSA) is 67.6 Å². The Morgan fingerprint density at radius 2 is 1.60 bits per heavy atom. The summed E-state index contributed by atoms with van der Waals surface area (Å²) in [5.74, 6) is 0. The maximum Gasteiger partial charge on any atom is 0.407 e. The first kappa shape index (κ1) is 25.5. The first-order chi connectivity index (χ1) is 11.7.